The number of carbonyl (C=O) groups is 1. The zero-order chi connectivity index (χ0) is 15.6. The first-order valence-electron chi connectivity index (χ1n) is 7.55. The Labute approximate surface area is 133 Å². The Morgan fingerprint density at radius 1 is 1.32 bits per heavy atom. The molecule has 1 aliphatic carbocycles. The van der Waals surface area contributed by atoms with Crippen molar-refractivity contribution in [3.63, 3.8) is 0 Å². The van der Waals surface area contributed by atoms with Crippen molar-refractivity contribution in [1.82, 2.24) is 10.3 Å². The van der Waals surface area contributed by atoms with Gasteiger partial charge in [-0.2, -0.15) is 0 Å². The molecule has 0 unspecified atom stereocenters. The van der Waals surface area contributed by atoms with E-state index in [1.807, 2.05) is 19.1 Å². The molecule has 2 aromatic rings. The van der Waals surface area contributed by atoms with Crippen molar-refractivity contribution in [3.8, 4) is 0 Å². The SMILES string of the molecule is Cc1nc(C(=O)NCC2(c3ccc(F)cc3)CCCC2)cs1. The van der Waals surface area contributed by atoms with Crippen LogP contribution < -0.4 is 5.32 Å². The zero-order valence-corrected chi connectivity index (χ0v) is 13.4. The van der Waals surface area contributed by atoms with Crippen molar-refractivity contribution in [2.45, 2.75) is 38.0 Å². The van der Waals surface area contributed by atoms with Gasteiger partial charge in [0, 0.05) is 17.3 Å². The minimum atomic E-state index is -0.223. The smallest absolute Gasteiger partial charge is 0.270 e. The molecule has 0 aliphatic heterocycles. The van der Waals surface area contributed by atoms with Gasteiger partial charge in [-0.05, 0) is 37.5 Å². The number of nitrogens with zero attached hydrogens (tertiary/aromatic N) is 1. The second-order valence-corrected chi connectivity index (χ2v) is 6.99. The number of halogens is 1. The van der Waals surface area contributed by atoms with Gasteiger partial charge < -0.3 is 5.32 Å². The van der Waals surface area contributed by atoms with Gasteiger partial charge in [-0.1, -0.05) is 25.0 Å². The van der Waals surface area contributed by atoms with Crippen LogP contribution in [0.2, 0.25) is 0 Å². The number of aromatic nitrogens is 1. The number of hydrogen-bond donors (Lipinski definition) is 1. The molecule has 22 heavy (non-hydrogen) atoms. The fourth-order valence-electron chi connectivity index (χ4n) is 3.23. The molecule has 1 amide bonds. The van der Waals surface area contributed by atoms with E-state index in [2.05, 4.69) is 10.3 Å². The number of aryl methyl sites for hydroxylation is 1. The molecule has 1 saturated carbocycles. The van der Waals surface area contributed by atoms with Crippen LogP contribution in [-0.4, -0.2) is 17.4 Å². The second-order valence-electron chi connectivity index (χ2n) is 5.93. The molecular weight excluding hydrogens is 299 g/mol. The van der Waals surface area contributed by atoms with Gasteiger partial charge in [-0.3, -0.25) is 4.79 Å². The number of amides is 1. The van der Waals surface area contributed by atoms with Crippen LogP contribution in [0.3, 0.4) is 0 Å². The molecule has 0 bridgehead atoms. The summed E-state index contributed by atoms with van der Waals surface area (Å²) >= 11 is 1.47. The van der Waals surface area contributed by atoms with Crippen molar-refractivity contribution in [3.05, 3.63) is 51.7 Å². The zero-order valence-electron chi connectivity index (χ0n) is 12.6. The van der Waals surface area contributed by atoms with Gasteiger partial charge in [0.2, 0.25) is 0 Å². The van der Waals surface area contributed by atoms with Gasteiger partial charge in [0.05, 0.1) is 5.01 Å². The maximum Gasteiger partial charge on any atom is 0.270 e. The molecular formula is C17H19FN2OS. The minimum Gasteiger partial charge on any atom is -0.350 e. The molecule has 116 valence electrons. The standard InChI is InChI=1S/C17H19FN2OS/c1-12-20-15(10-22-12)16(21)19-11-17(8-2-3-9-17)13-4-6-14(18)7-5-13/h4-7,10H,2-3,8-9,11H2,1H3,(H,19,21). The first-order chi connectivity index (χ1) is 10.6. The van der Waals surface area contributed by atoms with E-state index in [1.54, 1.807) is 5.38 Å². The van der Waals surface area contributed by atoms with Crippen LogP contribution in [0.15, 0.2) is 29.6 Å². The van der Waals surface area contributed by atoms with Gasteiger partial charge in [-0.25, -0.2) is 9.37 Å². The predicted octanol–water partition coefficient (Wildman–Crippen LogP) is 3.83. The van der Waals surface area contributed by atoms with Crippen LogP contribution >= 0.6 is 11.3 Å². The molecule has 0 saturated heterocycles. The van der Waals surface area contributed by atoms with Gasteiger partial charge in [0.25, 0.3) is 5.91 Å². The lowest BCUT2D eigenvalue weighted by atomic mass is 9.79. The molecule has 1 fully saturated rings. The number of rotatable bonds is 4. The van der Waals surface area contributed by atoms with E-state index >= 15 is 0 Å². The van der Waals surface area contributed by atoms with E-state index in [0.717, 1.165) is 36.3 Å². The predicted molar refractivity (Wildman–Crippen MR) is 85.7 cm³/mol. The largest absolute Gasteiger partial charge is 0.350 e. The molecule has 0 atom stereocenters. The third kappa shape index (κ3) is 3.04. The molecule has 1 aromatic heterocycles. The lowest BCUT2D eigenvalue weighted by molar-refractivity contribution is 0.0938. The highest BCUT2D eigenvalue weighted by Crippen LogP contribution is 2.40. The number of carbonyl (C=O) groups excluding carboxylic acids is 1. The lowest BCUT2D eigenvalue weighted by Gasteiger charge is -2.30. The number of benzene rings is 1. The summed E-state index contributed by atoms with van der Waals surface area (Å²) in [5.74, 6) is -0.350. The Morgan fingerprint density at radius 3 is 2.59 bits per heavy atom. The summed E-state index contributed by atoms with van der Waals surface area (Å²) in [7, 11) is 0. The minimum absolute atomic E-state index is 0.0750. The third-order valence-corrected chi connectivity index (χ3v) is 5.23. The van der Waals surface area contributed by atoms with E-state index in [4.69, 9.17) is 0 Å². The molecule has 5 heteroatoms. The molecule has 1 heterocycles. The third-order valence-electron chi connectivity index (χ3n) is 4.46. The first-order valence-corrected chi connectivity index (χ1v) is 8.43. The van der Waals surface area contributed by atoms with Crippen molar-refractivity contribution in [1.29, 1.82) is 0 Å². The van der Waals surface area contributed by atoms with Gasteiger partial charge in [0.15, 0.2) is 0 Å². The van der Waals surface area contributed by atoms with Gasteiger partial charge >= 0.3 is 0 Å². The summed E-state index contributed by atoms with van der Waals surface area (Å²) in [6.07, 6.45) is 4.33. The summed E-state index contributed by atoms with van der Waals surface area (Å²) in [5, 5.41) is 5.69. The van der Waals surface area contributed by atoms with Crippen molar-refractivity contribution < 1.29 is 9.18 Å². The van der Waals surface area contributed by atoms with Crippen LogP contribution in [0, 0.1) is 12.7 Å². The summed E-state index contributed by atoms with van der Waals surface area (Å²) in [4.78, 5) is 16.4. The van der Waals surface area contributed by atoms with E-state index < -0.39 is 0 Å². The van der Waals surface area contributed by atoms with E-state index in [0.29, 0.717) is 12.2 Å². The van der Waals surface area contributed by atoms with Crippen molar-refractivity contribution in [2.24, 2.45) is 0 Å². The van der Waals surface area contributed by atoms with E-state index in [9.17, 15) is 9.18 Å². The highest BCUT2D eigenvalue weighted by molar-refractivity contribution is 7.09. The molecule has 1 N–H and O–H groups in total. The number of thiazole rings is 1. The van der Waals surface area contributed by atoms with E-state index in [1.165, 1.54) is 23.5 Å². The van der Waals surface area contributed by atoms with Crippen LogP contribution in [0.5, 0.6) is 0 Å². The summed E-state index contributed by atoms with van der Waals surface area (Å²) in [6, 6.07) is 6.70. The van der Waals surface area contributed by atoms with Gasteiger partial charge in [0.1, 0.15) is 11.5 Å². The molecule has 3 nitrogen and oxygen atoms in total. The Bertz CT molecular complexity index is 660. The van der Waals surface area contributed by atoms with Crippen LogP contribution in [0.25, 0.3) is 0 Å². The fourth-order valence-corrected chi connectivity index (χ4v) is 3.82. The average molecular weight is 318 g/mol. The Balaban J connectivity index is 1.74. The monoisotopic (exact) mass is 318 g/mol. The Kier molecular flexibility index (Phi) is 4.25. The Hall–Kier alpha value is -1.75. The summed E-state index contributed by atoms with van der Waals surface area (Å²) < 4.78 is 13.2. The molecule has 0 spiro atoms. The quantitative estimate of drug-likeness (QED) is 0.931. The Morgan fingerprint density at radius 2 is 2.00 bits per heavy atom. The molecule has 1 aromatic carbocycles. The highest BCUT2D eigenvalue weighted by atomic mass is 32.1. The maximum atomic E-state index is 13.2. The highest BCUT2D eigenvalue weighted by Gasteiger charge is 2.36. The number of nitrogens with one attached hydrogen (secondary N) is 1. The normalized spacial score (nSPS) is 16.6. The molecule has 3 rings (SSSR count). The number of hydrogen-bond acceptors (Lipinski definition) is 3. The average Bonchev–Trinajstić information content (AvgIpc) is 3.15. The maximum absolute atomic E-state index is 13.2. The first kappa shape index (κ1) is 15.2. The summed E-state index contributed by atoms with van der Waals surface area (Å²) in [5.41, 5.74) is 1.52. The van der Waals surface area contributed by atoms with Crippen molar-refractivity contribution >= 4 is 17.2 Å². The van der Waals surface area contributed by atoms with Crippen LogP contribution in [0.1, 0.15) is 46.7 Å². The summed E-state index contributed by atoms with van der Waals surface area (Å²) in [6.45, 7) is 2.46. The second kappa shape index (κ2) is 6.16. The van der Waals surface area contributed by atoms with Crippen LogP contribution in [-0.2, 0) is 5.41 Å². The topological polar surface area (TPSA) is 42.0 Å². The van der Waals surface area contributed by atoms with Crippen molar-refractivity contribution in [2.75, 3.05) is 6.54 Å². The molecule has 1 aliphatic rings. The van der Waals surface area contributed by atoms with Crippen LogP contribution in [0.4, 0.5) is 4.39 Å². The fraction of sp³-hybridized carbons (Fsp3) is 0.412. The van der Waals surface area contributed by atoms with E-state index in [-0.39, 0.29) is 17.1 Å². The lowest BCUT2D eigenvalue weighted by Crippen LogP contribution is -2.39. The van der Waals surface area contributed by atoms with Gasteiger partial charge in [-0.15, -0.1) is 11.3 Å². The molecule has 0 radical (unpaired) electrons.